The van der Waals surface area contributed by atoms with Crippen molar-refractivity contribution in [2.45, 2.75) is 13.5 Å². The van der Waals surface area contributed by atoms with Crippen molar-refractivity contribution in [1.82, 2.24) is 20.5 Å². The molecule has 0 radical (unpaired) electrons. The highest BCUT2D eigenvalue weighted by Gasteiger charge is 2.17. The van der Waals surface area contributed by atoms with E-state index in [1.165, 1.54) is 6.07 Å². The van der Waals surface area contributed by atoms with E-state index < -0.39 is 23.4 Å². The first-order valence-electron chi connectivity index (χ1n) is 8.04. The van der Waals surface area contributed by atoms with E-state index in [2.05, 4.69) is 25.8 Å². The Balaban J connectivity index is 1.63. The number of amides is 2. The molecule has 2 amide bonds. The summed E-state index contributed by atoms with van der Waals surface area (Å²) in [4.78, 5) is 28.5. The smallest absolute Gasteiger partial charge is 0.269 e. The normalized spacial score (nSPS) is 10.6. The topological polar surface area (TPSA) is 99.8 Å². The van der Waals surface area contributed by atoms with Gasteiger partial charge in [0.2, 0.25) is 0 Å². The minimum atomic E-state index is -1.21. The van der Waals surface area contributed by atoms with Crippen molar-refractivity contribution in [2.24, 2.45) is 0 Å². The molecular weight excluding hydrogens is 392 g/mol. The van der Waals surface area contributed by atoms with Crippen LogP contribution in [0.15, 0.2) is 36.5 Å². The maximum Gasteiger partial charge on any atom is 0.269 e. The maximum atomic E-state index is 13.3. The summed E-state index contributed by atoms with van der Waals surface area (Å²) in [7, 11) is 0. The van der Waals surface area contributed by atoms with Gasteiger partial charge < -0.3 is 10.6 Å². The van der Waals surface area contributed by atoms with Crippen molar-refractivity contribution < 1.29 is 18.4 Å². The molecule has 7 nitrogen and oxygen atoms in total. The second-order valence-electron chi connectivity index (χ2n) is 5.88. The highest BCUT2D eigenvalue weighted by Crippen LogP contribution is 2.21. The van der Waals surface area contributed by atoms with Crippen molar-refractivity contribution in [2.75, 3.05) is 5.32 Å². The monoisotopic (exact) mass is 405 g/mol. The first kappa shape index (κ1) is 19.4. The lowest BCUT2D eigenvalue weighted by molar-refractivity contribution is 0.0944. The Morgan fingerprint density at radius 2 is 1.89 bits per heavy atom. The summed E-state index contributed by atoms with van der Waals surface area (Å²) in [6.45, 7) is 2.12. The SMILES string of the molecule is Cc1ccc(CNC(=O)c2cc(NC(=O)c3cc(F)c(F)cc3Cl)n[nH]2)nc1. The summed E-state index contributed by atoms with van der Waals surface area (Å²) in [6, 6.07) is 6.35. The fraction of sp³-hybridized carbons (Fsp3) is 0.111. The molecule has 1 aromatic carbocycles. The first-order valence-corrected chi connectivity index (χ1v) is 8.42. The third-order valence-electron chi connectivity index (χ3n) is 3.72. The van der Waals surface area contributed by atoms with Gasteiger partial charge in [0.25, 0.3) is 11.8 Å². The van der Waals surface area contributed by atoms with E-state index in [0.717, 1.165) is 5.56 Å². The number of aryl methyl sites for hydroxylation is 1. The average molecular weight is 406 g/mol. The van der Waals surface area contributed by atoms with Crippen LogP contribution >= 0.6 is 11.6 Å². The Labute approximate surface area is 163 Å². The Hall–Kier alpha value is -3.33. The van der Waals surface area contributed by atoms with Gasteiger partial charge in [0, 0.05) is 12.3 Å². The van der Waals surface area contributed by atoms with Gasteiger partial charge in [-0.1, -0.05) is 17.7 Å². The van der Waals surface area contributed by atoms with Crippen LogP contribution in [0.5, 0.6) is 0 Å². The molecule has 3 rings (SSSR count). The lowest BCUT2D eigenvalue weighted by atomic mass is 10.2. The van der Waals surface area contributed by atoms with Gasteiger partial charge >= 0.3 is 0 Å². The first-order chi connectivity index (χ1) is 13.3. The molecule has 0 fully saturated rings. The van der Waals surface area contributed by atoms with Crippen molar-refractivity contribution in [3.8, 4) is 0 Å². The minimum Gasteiger partial charge on any atom is -0.345 e. The number of pyridine rings is 1. The van der Waals surface area contributed by atoms with Gasteiger partial charge in [-0.15, -0.1) is 0 Å². The fourth-order valence-electron chi connectivity index (χ4n) is 2.25. The second-order valence-corrected chi connectivity index (χ2v) is 6.28. The Morgan fingerprint density at radius 3 is 2.61 bits per heavy atom. The maximum absolute atomic E-state index is 13.3. The summed E-state index contributed by atoms with van der Waals surface area (Å²) >= 11 is 5.76. The van der Waals surface area contributed by atoms with Gasteiger partial charge in [-0.25, -0.2) is 8.78 Å². The Morgan fingerprint density at radius 1 is 1.14 bits per heavy atom. The minimum absolute atomic E-state index is 0.0180. The predicted octanol–water partition coefficient (Wildman–Crippen LogP) is 3.23. The molecule has 10 heteroatoms. The molecule has 2 heterocycles. The lowest BCUT2D eigenvalue weighted by Crippen LogP contribution is -2.23. The van der Waals surface area contributed by atoms with Crippen LogP contribution in [0.1, 0.15) is 32.1 Å². The van der Waals surface area contributed by atoms with Crippen LogP contribution in [0.25, 0.3) is 0 Å². The van der Waals surface area contributed by atoms with Gasteiger partial charge in [-0.2, -0.15) is 5.10 Å². The van der Waals surface area contributed by atoms with E-state index in [9.17, 15) is 18.4 Å². The summed E-state index contributed by atoms with van der Waals surface area (Å²) in [5.41, 5.74) is 1.52. The zero-order valence-corrected chi connectivity index (χ0v) is 15.3. The molecule has 3 aromatic rings. The Bertz CT molecular complexity index is 1040. The standard InChI is InChI=1S/C18H14ClF2N5O2/c1-9-2-3-10(22-7-9)8-23-18(28)15-6-16(26-25-15)24-17(27)11-4-13(20)14(21)5-12(11)19/h2-7H,8H2,1H3,(H,23,28)(H2,24,25,26,27). The number of hydrogen-bond acceptors (Lipinski definition) is 4. The van der Waals surface area contributed by atoms with Crippen LogP contribution < -0.4 is 10.6 Å². The molecule has 0 bridgehead atoms. The number of halogens is 3. The lowest BCUT2D eigenvalue weighted by Gasteiger charge is -2.05. The highest BCUT2D eigenvalue weighted by atomic mass is 35.5. The third kappa shape index (κ3) is 4.49. The molecule has 144 valence electrons. The number of nitrogens with one attached hydrogen (secondary N) is 3. The number of anilines is 1. The molecule has 0 saturated carbocycles. The molecule has 0 unspecified atom stereocenters. The van der Waals surface area contributed by atoms with Gasteiger partial charge in [0.1, 0.15) is 5.69 Å². The van der Waals surface area contributed by atoms with E-state index >= 15 is 0 Å². The van der Waals surface area contributed by atoms with Crippen LogP contribution in [0.2, 0.25) is 5.02 Å². The van der Waals surface area contributed by atoms with Crippen molar-refractivity contribution >= 4 is 29.2 Å². The van der Waals surface area contributed by atoms with Crippen LogP contribution in [-0.2, 0) is 6.54 Å². The molecule has 0 aliphatic rings. The number of hydrogen-bond donors (Lipinski definition) is 3. The molecule has 0 atom stereocenters. The zero-order chi connectivity index (χ0) is 20.3. The van der Waals surface area contributed by atoms with Crippen LogP contribution in [0, 0.1) is 18.6 Å². The van der Waals surface area contributed by atoms with Gasteiger partial charge in [0.05, 0.1) is 22.8 Å². The second kappa shape index (κ2) is 8.13. The molecule has 28 heavy (non-hydrogen) atoms. The van der Waals surface area contributed by atoms with Crippen LogP contribution in [0.4, 0.5) is 14.6 Å². The number of carbonyl (C=O) groups excluding carboxylic acids is 2. The number of nitrogens with zero attached hydrogens (tertiary/aromatic N) is 2. The molecule has 2 aromatic heterocycles. The molecule has 0 aliphatic heterocycles. The number of carbonyl (C=O) groups is 2. The summed E-state index contributed by atoms with van der Waals surface area (Å²) in [5, 5.41) is 11.0. The number of aromatic amines is 1. The summed E-state index contributed by atoms with van der Waals surface area (Å²) in [6.07, 6.45) is 1.69. The van der Waals surface area contributed by atoms with Gasteiger partial charge in [-0.05, 0) is 30.7 Å². The molecule has 3 N–H and O–H groups in total. The van der Waals surface area contributed by atoms with E-state index in [1.54, 1.807) is 12.3 Å². The quantitative estimate of drug-likeness (QED) is 0.567. The average Bonchev–Trinajstić information content (AvgIpc) is 3.12. The number of benzene rings is 1. The van der Waals surface area contributed by atoms with Crippen LogP contribution in [0.3, 0.4) is 0 Å². The Kier molecular flexibility index (Phi) is 5.65. The van der Waals surface area contributed by atoms with E-state index in [-0.39, 0.29) is 28.6 Å². The van der Waals surface area contributed by atoms with Crippen LogP contribution in [-0.4, -0.2) is 27.0 Å². The molecule has 0 saturated heterocycles. The highest BCUT2D eigenvalue weighted by molar-refractivity contribution is 6.34. The third-order valence-corrected chi connectivity index (χ3v) is 4.03. The molecular formula is C18H14ClF2N5O2. The van der Waals surface area contributed by atoms with Gasteiger partial charge in [-0.3, -0.25) is 19.7 Å². The number of aromatic nitrogens is 3. The zero-order valence-electron chi connectivity index (χ0n) is 14.5. The van der Waals surface area contributed by atoms with Crippen molar-refractivity contribution in [1.29, 1.82) is 0 Å². The van der Waals surface area contributed by atoms with E-state index in [4.69, 9.17) is 11.6 Å². The molecule has 0 aliphatic carbocycles. The summed E-state index contributed by atoms with van der Waals surface area (Å²) in [5.74, 6) is -3.61. The molecule has 0 spiro atoms. The fourth-order valence-corrected chi connectivity index (χ4v) is 2.49. The largest absolute Gasteiger partial charge is 0.345 e. The van der Waals surface area contributed by atoms with E-state index in [0.29, 0.717) is 17.8 Å². The predicted molar refractivity (Wildman–Crippen MR) is 98.1 cm³/mol. The van der Waals surface area contributed by atoms with Gasteiger partial charge in [0.15, 0.2) is 17.5 Å². The number of H-pyrrole nitrogens is 1. The summed E-state index contributed by atoms with van der Waals surface area (Å²) < 4.78 is 26.4. The van der Waals surface area contributed by atoms with Crippen molar-refractivity contribution in [3.05, 3.63) is 75.7 Å². The number of rotatable bonds is 5. The van der Waals surface area contributed by atoms with Crippen molar-refractivity contribution in [3.63, 3.8) is 0 Å². The van der Waals surface area contributed by atoms with E-state index in [1.807, 2.05) is 13.0 Å².